The van der Waals surface area contributed by atoms with Crippen LogP contribution in [0.3, 0.4) is 0 Å². The van der Waals surface area contributed by atoms with E-state index in [4.69, 9.17) is 0 Å². The van der Waals surface area contributed by atoms with Crippen molar-refractivity contribution in [3.05, 3.63) is 29.8 Å². The highest BCUT2D eigenvalue weighted by Crippen LogP contribution is 2.12. The van der Waals surface area contributed by atoms with Crippen molar-refractivity contribution in [1.82, 2.24) is 0 Å². The molecule has 0 radical (unpaired) electrons. The minimum atomic E-state index is -3.08. The zero-order chi connectivity index (χ0) is 9.84. The Morgan fingerprint density at radius 1 is 1.31 bits per heavy atom. The van der Waals surface area contributed by atoms with E-state index in [1.807, 2.05) is 6.92 Å². The number of esters is 1. The summed E-state index contributed by atoms with van der Waals surface area (Å²) in [4.78, 5) is 10.4. The van der Waals surface area contributed by atoms with E-state index in [0.717, 1.165) is 5.56 Å². The number of hydrogen-bond donors (Lipinski definition) is 0. The van der Waals surface area contributed by atoms with Crippen LogP contribution >= 0.6 is 0 Å². The fourth-order valence-electron chi connectivity index (χ4n) is 0.767. The zero-order valence-electron chi connectivity index (χ0n) is 6.96. The van der Waals surface area contributed by atoms with Crippen LogP contribution in [0.5, 0.6) is 5.75 Å². The third-order valence-electron chi connectivity index (χ3n) is 1.42. The highest BCUT2D eigenvalue weighted by Gasteiger charge is 2.17. The van der Waals surface area contributed by atoms with Crippen LogP contribution in [0, 0.1) is 6.92 Å². The summed E-state index contributed by atoms with van der Waals surface area (Å²) < 4.78 is 27.8. The van der Waals surface area contributed by atoms with Crippen molar-refractivity contribution >= 4 is 5.97 Å². The lowest BCUT2D eigenvalue weighted by atomic mass is 10.2. The molecule has 0 N–H and O–H groups in total. The van der Waals surface area contributed by atoms with E-state index in [9.17, 15) is 13.6 Å². The SMILES string of the molecule is Cc1ccc(OC(=O)C(F)F)cc1. The average molecular weight is 186 g/mol. The predicted octanol–water partition coefficient (Wildman–Crippen LogP) is 2.17. The van der Waals surface area contributed by atoms with Gasteiger partial charge in [-0.05, 0) is 19.1 Å². The molecular formula is C9H8F2O2. The van der Waals surface area contributed by atoms with Crippen molar-refractivity contribution in [3.8, 4) is 5.75 Å². The molecule has 1 aromatic carbocycles. The molecule has 0 saturated carbocycles. The molecule has 0 spiro atoms. The molecule has 0 aliphatic carbocycles. The van der Waals surface area contributed by atoms with Gasteiger partial charge in [0.15, 0.2) is 0 Å². The second-order valence-electron chi connectivity index (χ2n) is 2.53. The smallest absolute Gasteiger partial charge is 0.379 e. The fourth-order valence-corrected chi connectivity index (χ4v) is 0.767. The molecule has 0 aromatic heterocycles. The van der Waals surface area contributed by atoms with Gasteiger partial charge in [-0.25, -0.2) is 4.79 Å². The summed E-state index contributed by atoms with van der Waals surface area (Å²) in [6, 6.07) is 6.29. The maximum absolute atomic E-state index is 11.7. The van der Waals surface area contributed by atoms with Crippen molar-refractivity contribution in [2.24, 2.45) is 0 Å². The van der Waals surface area contributed by atoms with Gasteiger partial charge in [0, 0.05) is 0 Å². The van der Waals surface area contributed by atoms with E-state index >= 15 is 0 Å². The van der Waals surface area contributed by atoms with Crippen LogP contribution in [0.1, 0.15) is 5.56 Å². The predicted molar refractivity (Wildman–Crippen MR) is 42.8 cm³/mol. The first-order valence-corrected chi connectivity index (χ1v) is 3.66. The maximum Gasteiger partial charge on any atom is 0.379 e. The Labute approximate surface area is 74.1 Å². The molecule has 0 heterocycles. The average Bonchev–Trinajstić information content (AvgIpc) is 2.08. The minimum absolute atomic E-state index is 0.135. The molecule has 70 valence electrons. The molecule has 0 amide bonds. The molecule has 0 aliphatic rings. The van der Waals surface area contributed by atoms with Gasteiger partial charge < -0.3 is 4.74 Å². The number of alkyl halides is 2. The van der Waals surface area contributed by atoms with Crippen LogP contribution in [0.15, 0.2) is 24.3 Å². The largest absolute Gasteiger partial charge is 0.422 e. The topological polar surface area (TPSA) is 26.3 Å². The summed E-state index contributed by atoms with van der Waals surface area (Å²) in [5, 5.41) is 0. The summed E-state index contributed by atoms with van der Waals surface area (Å²) in [5.41, 5.74) is 0.969. The van der Waals surface area contributed by atoms with Crippen LogP contribution in [0.2, 0.25) is 0 Å². The van der Waals surface area contributed by atoms with Crippen molar-refractivity contribution in [3.63, 3.8) is 0 Å². The van der Waals surface area contributed by atoms with E-state index in [-0.39, 0.29) is 5.75 Å². The Hall–Kier alpha value is -1.45. The summed E-state index contributed by atoms with van der Waals surface area (Å²) in [6.07, 6.45) is -3.08. The van der Waals surface area contributed by atoms with Crippen molar-refractivity contribution < 1.29 is 18.3 Å². The fraction of sp³-hybridized carbons (Fsp3) is 0.222. The molecule has 1 aromatic rings. The van der Waals surface area contributed by atoms with Crippen molar-refractivity contribution in [1.29, 1.82) is 0 Å². The summed E-state index contributed by atoms with van der Waals surface area (Å²) >= 11 is 0. The van der Waals surface area contributed by atoms with E-state index in [2.05, 4.69) is 4.74 Å². The lowest BCUT2D eigenvalue weighted by molar-refractivity contribution is -0.146. The van der Waals surface area contributed by atoms with E-state index in [0.29, 0.717) is 0 Å². The van der Waals surface area contributed by atoms with Gasteiger partial charge in [-0.15, -0.1) is 0 Å². The van der Waals surface area contributed by atoms with Gasteiger partial charge in [-0.2, -0.15) is 8.78 Å². The second kappa shape index (κ2) is 3.98. The maximum atomic E-state index is 11.7. The van der Waals surface area contributed by atoms with Crippen molar-refractivity contribution in [2.45, 2.75) is 13.3 Å². The van der Waals surface area contributed by atoms with Crippen molar-refractivity contribution in [2.75, 3.05) is 0 Å². The molecule has 0 bridgehead atoms. The van der Waals surface area contributed by atoms with Gasteiger partial charge in [-0.1, -0.05) is 17.7 Å². The second-order valence-corrected chi connectivity index (χ2v) is 2.53. The lowest BCUT2D eigenvalue weighted by Crippen LogP contribution is -2.17. The molecule has 0 saturated heterocycles. The number of carbonyl (C=O) groups is 1. The molecule has 0 unspecified atom stereocenters. The first-order valence-electron chi connectivity index (χ1n) is 3.66. The Bertz CT molecular complexity index is 293. The minimum Gasteiger partial charge on any atom is -0.422 e. The van der Waals surface area contributed by atoms with Gasteiger partial charge in [-0.3, -0.25) is 0 Å². The summed E-state index contributed by atoms with van der Waals surface area (Å²) in [7, 11) is 0. The molecule has 4 heteroatoms. The quantitative estimate of drug-likeness (QED) is 0.522. The van der Waals surface area contributed by atoms with Crippen LogP contribution < -0.4 is 4.74 Å². The molecular weight excluding hydrogens is 178 g/mol. The molecule has 13 heavy (non-hydrogen) atoms. The molecule has 0 atom stereocenters. The summed E-state index contributed by atoms with van der Waals surface area (Å²) in [5.74, 6) is -1.39. The van der Waals surface area contributed by atoms with Gasteiger partial charge >= 0.3 is 12.4 Å². The highest BCUT2D eigenvalue weighted by molar-refractivity contribution is 5.75. The molecule has 2 nitrogen and oxygen atoms in total. The first-order chi connectivity index (χ1) is 6.09. The van der Waals surface area contributed by atoms with Crippen LogP contribution in [-0.2, 0) is 4.79 Å². The lowest BCUT2D eigenvalue weighted by Gasteiger charge is -2.02. The number of ether oxygens (including phenoxy) is 1. The Morgan fingerprint density at radius 2 is 1.85 bits per heavy atom. The number of benzene rings is 1. The monoisotopic (exact) mass is 186 g/mol. The molecule has 0 aliphatic heterocycles. The van der Waals surface area contributed by atoms with E-state index in [1.54, 1.807) is 12.1 Å². The van der Waals surface area contributed by atoms with E-state index in [1.165, 1.54) is 12.1 Å². The van der Waals surface area contributed by atoms with Crippen LogP contribution in [-0.4, -0.2) is 12.4 Å². The first kappa shape index (κ1) is 9.64. The Kier molecular flexibility index (Phi) is 2.95. The number of halogens is 2. The Balaban J connectivity index is 2.65. The molecule has 1 rings (SSSR count). The number of carbonyl (C=O) groups excluding carboxylic acids is 1. The van der Waals surface area contributed by atoms with Gasteiger partial charge in [0.25, 0.3) is 0 Å². The van der Waals surface area contributed by atoms with Gasteiger partial charge in [0.2, 0.25) is 0 Å². The normalized spacial score (nSPS) is 10.2. The Morgan fingerprint density at radius 3 is 2.31 bits per heavy atom. The number of hydrogen-bond acceptors (Lipinski definition) is 2. The van der Waals surface area contributed by atoms with E-state index < -0.39 is 12.4 Å². The van der Waals surface area contributed by atoms with Gasteiger partial charge in [0.05, 0.1) is 0 Å². The van der Waals surface area contributed by atoms with Crippen LogP contribution in [0.25, 0.3) is 0 Å². The highest BCUT2D eigenvalue weighted by atomic mass is 19.3. The van der Waals surface area contributed by atoms with Gasteiger partial charge in [0.1, 0.15) is 5.75 Å². The number of rotatable bonds is 2. The summed E-state index contributed by atoms with van der Waals surface area (Å²) in [6.45, 7) is 1.85. The van der Waals surface area contributed by atoms with Crippen LogP contribution in [0.4, 0.5) is 8.78 Å². The zero-order valence-corrected chi connectivity index (χ0v) is 6.96. The third kappa shape index (κ3) is 2.82. The standard InChI is InChI=1S/C9H8F2O2/c1-6-2-4-7(5-3-6)13-9(12)8(10)11/h2-5,8H,1H3. The number of aryl methyl sites for hydroxylation is 1. The third-order valence-corrected chi connectivity index (χ3v) is 1.42. The molecule has 0 fully saturated rings.